The molecule has 0 spiro atoms. The Morgan fingerprint density at radius 2 is 1.86 bits per heavy atom. The van der Waals surface area contributed by atoms with Crippen molar-refractivity contribution in [3.8, 4) is 11.3 Å². The topological polar surface area (TPSA) is 25.5 Å². The van der Waals surface area contributed by atoms with Gasteiger partial charge in [-0.1, -0.05) is 42.8 Å². The van der Waals surface area contributed by atoms with Crippen LogP contribution in [-0.4, -0.2) is 5.71 Å². The Morgan fingerprint density at radius 3 is 2.50 bits per heavy atom. The van der Waals surface area contributed by atoms with Crippen LogP contribution in [0.3, 0.4) is 0 Å². The molecule has 0 saturated carbocycles. The van der Waals surface area contributed by atoms with E-state index in [0.29, 0.717) is 0 Å². The molecule has 0 fully saturated rings. The van der Waals surface area contributed by atoms with Crippen molar-refractivity contribution in [2.75, 3.05) is 0 Å². The van der Waals surface area contributed by atoms with Crippen LogP contribution in [0.4, 0.5) is 0 Å². The third kappa shape index (κ3) is 5.29. The zero-order valence-corrected chi connectivity index (χ0v) is 19.7. The van der Waals surface area contributed by atoms with Crippen LogP contribution in [-0.2, 0) is 26.2 Å². The van der Waals surface area contributed by atoms with Gasteiger partial charge >= 0.3 is 26.2 Å². The number of nitrogens with zero attached hydrogens (tertiary/aromatic N) is 1. The SMILES string of the molecule is CCC1=NC2=CC=CC2=C1.Cc1ccc(-c2cc3ccccc3[cH-]2)o1.[Cl-].[Cl-].[Zr+3]. The number of aryl methyl sites for hydroxylation is 1. The van der Waals surface area contributed by atoms with E-state index in [2.05, 4.69) is 66.5 Å². The molecule has 0 bridgehead atoms. The van der Waals surface area contributed by atoms with E-state index >= 15 is 0 Å². The first kappa shape index (κ1) is 24.5. The van der Waals surface area contributed by atoms with Gasteiger partial charge in [0.05, 0.1) is 17.2 Å². The van der Waals surface area contributed by atoms with Gasteiger partial charge in [-0.25, -0.2) is 0 Å². The van der Waals surface area contributed by atoms with Crippen LogP contribution in [0, 0.1) is 6.92 Å². The summed E-state index contributed by atoms with van der Waals surface area (Å²) in [6.45, 7) is 4.09. The molecule has 2 aliphatic rings. The molecule has 1 radical (unpaired) electrons. The van der Waals surface area contributed by atoms with Gasteiger partial charge in [-0.05, 0) is 37.6 Å². The molecule has 141 valence electrons. The minimum Gasteiger partial charge on any atom is -1.00 e. The van der Waals surface area contributed by atoms with Gasteiger partial charge in [0.15, 0.2) is 0 Å². The Kier molecular flexibility index (Phi) is 9.50. The fourth-order valence-corrected chi connectivity index (χ4v) is 3.08. The Labute approximate surface area is 197 Å². The van der Waals surface area contributed by atoms with Crippen LogP contribution in [0.15, 0.2) is 93.5 Å². The van der Waals surface area contributed by atoms with E-state index in [1.54, 1.807) is 0 Å². The molecule has 0 saturated heterocycles. The largest absolute Gasteiger partial charge is 3.00 e. The predicted octanol–water partition coefficient (Wildman–Crippen LogP) is 0.364. The predicted molar refractivity (Wildman–Crippen MR) is 105 cm³/mol. The van der Waals surface area contributed by atoms with Crippen molar-refractivity contribution in [1.82, 2.24) is 0 Å². The maximum absolute atomic E-state index is 5.60. The van der Waals surface area contributed by atoms with Gasteiger partial charge in [0.1, 0.15) is 0 Å². The van der Waals surface area contributed by atoms with E-state index in [-0.39, 0.29) is 51.0 Å². The summed E-state index contributed by atoms with van der Waals surface area (Å²) in [5.74, 6) is 1.90. The third-order valence-corrected chi connectivity index (χ3v) is 4.42. The molecule has 0 atom stereocenters. The molecule has 3 aromatic rings. The first-order chi connectivity index (χ1) is 12.2. The first-order valence-electron chi connectivity index (χ1n) is 8.63. The molecular formula is C23H20Cl2NOZr. The second-order valence-electron chi connectivity index (χ2n) is 6.25. The summed E-state index contributed by atoms with van der Waals surface area (Å²) in [6, 6.07) is 16.7. The number of allylic oxidation sites excluding steroid dienone is 4. The van der Waals surface area contributed by atoms with E-state index in [1.807, 2.05) is 25.1 Å². The van der Waals surface area contributed by atoms with Gasteiger partial charge < -0.3 is 29.2 Å². The van der Waals surface area contributed by atoms with Crippen molar-refractivity contribution in [3.05, 3.63) is 89.9 Å². The normalized spacial score (nSPS) is 13.1. The summed E-state index contributed by atoms with van der Waals surface area (Å²) in [6.07, 6.45) is 9.37. The summed E-state index contributed by atoms with van der Waals surface area (Å²) in [7, 11) is 0. The van der Waals surface area contributed by atoms with Gasteiger partial charge in [0, 0.05) is 11.3 Å². The summed E-state index contributed by atoms with van der Waals surface area (Å²) >= 11 is 0. The number of fused-ring (bicyclic) bond motifs is 2. The first-order valence-corrected chi connectivity index (χ1v) is 8.63. The van der Waals surface area contributed by atoms with Gasteiger partial charge in [-0.3, -0.25) is 4.99 Å². The number of rotatable bonds is 2. The molecule has 2 aromatic carbocycles. The molecule has 1 aromatic heterocycles. The molecule has 2 heterocycles. The van der Waals surface area contributed by atoms with Crippen molar-refractivity contribution in [1.29, 1.82) is 0 Å². The second kappa shape index (κ2) is 10.9. The molecule has 0 amide bonds. The summed E-state index contributed by atoms with van der Waals surface area (Å²) in [5, 5.41) is 2.53. The van der Waals surface area contributed by atoms with E-state index in [4.69, 9.17) is 4.42 Å². The standard InChI is InChI=1S/C14H11O.C9H9N.2ClH.Zr/c1-10-6-7-14(15-10)13-8-11-4-2-3-5-12(11)9-13;1-2-8-6-7-4-3-5-9(7)10-8;;;/h2-9H,1H3;3-6H,2H2,1H3;2*1H;/q-1;;;;+3/p-2. The molecule has 1 aliphatic heterocycles. The number of hydrogen-bond donors (Lipinski definition) is 0. The molecule has 0 unspecified atom stereocenters. The Balaban J connectivity index is 0.000000269. The number of aliphatic imine (C=N–C) groups is 1. The Hall–Kier alpha value is -1.54. The molecule has 28 heavy (non-hydrogen) atoms. The fourth-order valence-electron chi connectivity index (χ4n) is 3.08. The van der Waals surface area contributed by atoms with Crippen LogP contribution in [0.2, 0.25) is 0 Å². The third-order valence-electron chi connectivity index (χ3n) is 4.42. The average molecular weight is 489 g/mol. The maximum atomic E-state index is 5.60. The van der Waals surface area contributed by atoms with Gasteiger partial charge in [-0.15, -0.1) is 29.0 Å². The molecular weight excluding hydrogens is 468 g/mol. The van der Waals surface area contributed by atoms with Crippen LogP contribution in [0.1, 0.15) is 19.1 Å². The van der Waals surface area contributed by atoms with Crippen molar-refractivity contribution in [2.45, 2.75) is 20.3 Å². The summed E-state index contributed by atoms with van der Waals surface area (Å²) in [5.41, 5.74) is 4.77. The van der Waals surface area contributed by atoms with E-state index in [9.17, 15) is 0 Å². The molecule has 1 aliphatic carbocycles. The number of hydrogen-bond acceptors (Lipinski definition) is 2. The molecule has 5 rings (SSSR count). The van der Waals surface area contributed by atoms with Crippen molar-refractivity contribution in [2.24, 2.45) is 4.99 Å². The minimum absolute atomic E-state index is 0. The van der Waals surface area contributed by atoms with Crippen molar-refractivity contribution < 1.29 is 55.4 Å². The number of furan rings is 1. The number of benzene rings is 1. The maximum Gasteiger partial charge on any atom is 3.00 e. The van der Waals surface area contributed by atoms with Crippen LogP contribution in [0.25, 0.3) is 22.1 Å². The van der Waals surface area contributed by atoms with Crippen molar-refractivity contribution in [3.63, 3.8) is 0 Å². The van der Waals surface area contributed by atoms with E-state index < -0.39 is 0 Å². The average Bonchev–Trinajstić information content (AvgIpc) is 3.37. The van der Waals surface area contributed by atoms with Crippen LogP contribution in [0.5, 0.6) is 0 Å². The summed E-state index contributed by atoms with van der Waals surface area (Å²) < 4.78 is 5.60. The minimum atomic E-state index is 0. The van der Waals surface area contributed by atoms with E-state index in [0.717, 1.165) is 29.2 Å². The quantitative estimate of drug-likeness (QED) is 0.479. The Morgan fingerprint density at radius 1 is 1.07 bits per heavy atom. The zero-order chi connectivity index (χ0) is 17.2. The van der Waals surface area contributed by atoms with Gasteiger partial charge in [0.2, 0.25) is 0 Å². The number of halogens is 2. The zero-order valence-electron chi connectivity index (χ0n) is 15.7. The summed E-state index contributed by atoms with van der Waals surface area (Å²) in [4.78, 5) is 4.39. The fraction of sp³-hybridized carbons (Fsp3) is 0.130. The van der Waals surface area contributed by atoms with Crippen LogP contribution >= 0.6 is 0 Å². The monoisotopic (exact) mass is 486 g/mol. The molecule has 2 nitrogen and oxygen atoms in total. The Bertz CT molecular complexity index is 1020. The van der Waals surface area contributed by atoms with Gasteiger partial charge in [-0.2, -0.15) is 0 Å². The second-order valence-corrected chi connectivity index (χ2v) is 6.25. The molecule has 5 heteroatoms. The van der Waals surface area contributed by atoms with E-state index in [1.165, 1.54) is 22.1 Å². The smallest absolute Gasteiger partial charge is 1.00 e. The molecule has 0 N–H and O–H groups in total. The van der Waals surface area contributed by atoms with Crippen LogP contribution < -0.4 is 24.8 Å². The van der Waals surface area contributed by atoms with Gasteiger partial charge in [0.25, 0.3) is 0 Å². The van der Waals surface area contributed by atoms with Crippen molar-refractivity contribution >= 4 is 16.5 Å².